The standard InChI is InChI=1S/C19H23F2NO4/c1-2-4-19(24)26-13-16(23)11-22(12-17-5-3-8-25-17)10-14-6-7-15(20)9-18(14)21/h3,5-9,16,23H,2,4,10-13H2,1H3/t16-/m0/s1. The summed E-state index contributed by atoms with van der Waals surface area (Å²) in [6, 6.07) is 6.87. The number of halogens is 2. The highest BCUT2D eigenvalue weighted by atomic mass is 19.1. The highest BCUT2D eigenvalue weighted by molar-refractivity contribution is 5.69. The van der Waals surface area contributed by atoms with Crippen LogP contribution in [0.4, 0.5) is 8.78 Å². The fraction of sp³-hybridized carbons (Fsp3) is 0.421. The molecule has 1 heterocycles. The second-order valence-electron chi connectivity index (χ2n) is 6.07. The maximum Gasteiger partial charge on any atom is 0.305 e. The molecule has 0 fully saturated rings. The van der Waals surface area contributed by atoms with Crippen LogP contribution < -0.4 is 0 Å². The Morgan fingerprint density at radius 2 is 2.12 bits per heavy atom. The molecule has 0 saturated heterocycles. The number of hydrogen-bond acceptors (Lipinski definition) is 5. The number of aliphatic hydroxyl groups excluding tert-OH is 1. The molecular formula is C19H23F2NO4. The highest BCUT2D eigenvalue weighted by Crippen LogP contribution is 2.15. The van der Waals surface area contributed by atoms with E-state index in [4.69, 9.17) is 9.15 Å². The van der Waals surface area contributed by atoms with Crippen LogP contribution in [-0.2, 0) is 22.6 Å². The quantitative estimate of drug-likeness (QED) is 0.653. The zero-order chi connectivity index (χ0) is 18.9. The largest absolute Gasteiger partial charge is 0.468 e. The minimum atomic E-state index is -0.936. The molecule has 0 aliphatic carbocycles. The number of carbonyl (C=O) groups excluding carboxylic acids is 1. The summed E-state index contributed by atoms with van der Waals surface area (Å²) in [6.07, 6.45) is 1.55. The summed E-state index contributed by atoms with van der Waals surface area (Å²) < 4.78 is 37.3. The average Bonchev–Trinajstić information content (AvgIpc) is 3.09. The second-order valence-corrected chi connectivity index (χ2v) is 6.07. The van der Waals surface area contributed by atoms with E-state index < -0.39 is 17.7 Å². The zero-order valence-corrected chi connectivity index (χ0v) is 14.7. The van der Waals surface area contributed by atoms with Gasteiger partial charge in [0.15, 0.2) is 0 Å². The summed E-state index contributed by atoms with van der Waals surface area (Å²) >= 11 is 0. The van der Waals surface area contributed by atoms with Crippen molar-refractivity contribution in [3.05, 3.63) is 59.6 Å². The lowest BCUT2D eigenvalue weighted by molar-refractivity contribution is -0.147. The van der Waals surface area contributed by atoms with E-state index in [9.17, 15) is 18.7 Å². The first kappa shape index (κ1) is 20.1. The summed E-state index contributed by atoms with van der Waals surface area (Å²) in [4.78, 5) is 13.2. The maximum atomic E-state index is 13.9. The van der Waals surface area contributed by atoms with E-state index in [1.54, 1.807) is 17.0 Å². The molecule has 2 aromatic rings. The molecule has 0 unspecified atom stereocenters. The van der Waals surface area contributed by atoms with Gasteiger partial charge in [0.25, 0.3) is 0 Å². The lowest BCUT2D eigenvalue weighted by Crippen LogP contribution is -2.35. The Labute approximate surface area is 151 Å². The van der Waals surface area contributed by atoms with Crippen molar-refractivity contribution in [2.75, 3.05) is 13.2 Å². The fourth-order valence-electron chi connectivity index (χ4n) is 2.51. The van der Waals surface area contributed by atoms with Gasteiger partial charge in [-0.1, -0.05) is 13.0 Å². The van der Waals surface area contributed by atoms with E-state index in [1.807, 2.05) is 6.92 Å². The third-order valence-electron chi connectivity index (χ3n) is 3.73. The first-order valence-corrected chi connectivity index (χ1v) is 8.50. The van der Waals surface area contributed by atoms with E-state index in [2.05, 4.69) is 0 Å². The third kappa shape index (κ3) is 6.57. The summed E-state index contributed by atoms with van der Waals surface area (Å²) in [5, 5.41) is 10.2. The predicted molar refractivity (Wildman–Crippen MR) is 91.1 cm³/mol. The summed E-state index contributed by atoms with van der Waals surface area (Å²) in [5.41, 5.74) is 0.299. The normalized spacial score (nSPS) is 12.3. The number of hydrogen-bond donors (Lipinski definition) is 1. The first-order chi connectivity index (χ1) is 12.5. The number of rotatable bonds is 10. The van der Waals surface area contributed by atoms with Gasteiger partial charge in [-0.25, -0.2) is 8.78 Å². The first-order valence-electron chi connectivity index (χ1n) is 8.50. The molecule has 0 radical (unpaired) electrons. The van der Waals surface area contributed by atoms with Crippen LogP contribution in [-0.4, -0.2) is 35.2 Å². The molecule has 5 nitrogen and oxygen atoms in total. The molecule has 1 aromatic heterocycles. The number of ether oxygens (including phenoxy) is 1. The van der Waals surface area contributed by atoms with E-state index >= 15 is 0 Å². The highest BCUT2D eigenvalue weighted by Gasteiger charge is 2.17. The SMILES string of the molecule is CCCC(=O)OC[C@@H](O)CN(Cc1ccco1)Cc1ccc(F)cc1F. The average molecular weight is 367 g/mol. The fourth-order valence-corrected chi connectivity index (χ4v) is 2.51. The number of nitrogens with zero attached hydrogens (tertiary/aromatic N) is 1. The molecular weight excluding hydrogens is 344 g/mol. The molecule has 0 aliphatic rings. The Morgan fingerprint density at radius 1 is 1.31 bits per heavy atom. The van der Waals surface area contributed by atoms with Crippen molar-refractivity contribution < 1.29 is 27.8 Å². The minimum absolute atomic E-state index is 0.136. The molecule has 142 valence electrons. The molecule has 2 rings (SSSR count). The number of aliphatic hydroxyl groups is 1. The molecule has 0 spiro atoms. The van der Waals surface area contributed by atoms with Gasteiger partial charge in [-0.2, -0.15) is 0 Å². The lowest BCUT2D eigenvalue weighted by Gasteiger charge is -2.24. The summed E-state index contributed by atoms with van der Waals surface area (Å²) in [7, 11) is 0. The maximum absolute atomic E-state index is 13.9. The summed E-state index contributed by atoms with van der Waals surface area (Å²) in [6.45, 7) is 2.33. The second kappa shape index (κ2) is 10.0. The van der Waals surface area contributed by atoms with Crippen molar-refractivity contribution >= 4 is 5.97 Å². The van der Waals surface area contributed by atoms with E-state index in [-0.39, 0.29) is 25.7 Å². The van der Waals surface area contributed by atoms with Gasteiger partial charge in [0.2, 0.25) is 0 Å². The number of carbonyl (C=O) groups is 1. The van der Waals surface area contributed by atoms with E-state index in [0.29, 0.717) is 30.7 Å². The van der Waals surface area contributed by atoms with Crippen LogP contribution in [0.15, 0.2) is 41.0 Å². The molecule has 0 saturated carbocycles. The third-order valence-corrected chi connectivity index (χ3v) is 3.73. The molecule has 1 N–H and O–H groups in total. The van der Waals surface area contributed by atoms with E-state index in [1.165, 1.54) is 18.4 Å². The Kier molecular flexibility index (Phi) is 7.74. The van der Waals surface area contributed by atoms with Crippen LogP contribution in [0.25, 0.3) is 0 Å². The zero-order valence-electron chi connectivity index (χ0n) is 14.7. The molecule has 26 heavy (non-hydrogen) atoms. The number of furan rings is 1. The van der Waals surface area contributed by atoms with Gasteiger partial charge in [-0.15, -0.1) is 0 Å². The summed E-state index contributed by atoms with van der Waals surface area (Å²) in [5.74, 6) is -1.03. The van der Waals surface area contributed by atoms with Gasteiger partial charge in [-0.3, -0.25) is 9.69 Å². The topological polar surface area (TPSA) is 62.9 Å². The molecule has 0 amide bonds. The van der Waals surface area contributed by atoms with Crippen molar-refractivity contribution in [3.8, 4) is 0 Å². The smallest absolute Gasteiger partial charge is 0.305 e. The van der Waals surface area contributed by atoms with Gasteiger partial charge >= 0.3 is 5.97 Å². The van der Waals surface area contributed by atoms with Gasteiger partial charge in [0.1, 0.15) is 30.1 Å². The Balaban J connectivity index is 1.99. The van der Waals surface area contributed by atoms with Crippen LogP contribution in [0.5, 0.6) is 0 Å². The van der Waals surface area contributed by atoms with Gasteiger partial charge < -0.3 is 14.3 Å². The monoisotopic (exact) mass is 367 g/mol. The van der Waals surface area contributed by atoms with Crippen LogP contribution in [0, 0.1) is 11.6 Å². The van der Waals surface area contributed by atoms with Gasteiger partial charge in [0.05, 0.1) is 12.8 Å². The molecule has 7 heteroatoms. The Hall–Kier alpha value is -2.25. The van der Waals surface area contributed by atoms with Crippen LogP contribution in [0.1, 0.15) is 31.1 Å². The lowest BCUT2D eigenvalue weighted by atomic mass is 10.1. The van der Waals surface area contributed by atoms with Gasteiger partial charge in [0, 0.05) is 31.1 Å². The number of esters is 1. The van der Waals surface area contributed by atoms with Crippen LogP contribution in [0.3, 0.4) is 0 Å². The molecule has 0 bridgehead atoms. The van der Waals surface area contributed by atoms with Crippen molar-refractivity contribution in [1.29, 1.82) is 0 Å². The van der Waals surface area contributed by atoms with Crippen molar-refractivity contribution in [1.82, 2.24) is 4.90 Å². The Bertz CT molecular complexity index is 691. The number of benzene rings is 1. The van der Waals surface area contributed by atoms with Crippen molar-refractivity contribution in [2.45, 2.75) is 39.0 Å². The molecule has 1 aromatic carbocycles. The van der Waals surface area contributed by atoms with Crippen LogP contribution in [0.2, 0.25) is 0 Å². The van der Waals surface area contributed by atoms with Crippen molar-refractivity contribution in [2.24, 2.45) is 0 Å². The molecule has 0 aliphatic heterocycles. The van der Waals surface area contributed by atoms with Crippen molar-refractivity contribution in [3.63, 3.8) is 0 Å². The van der Waals surface area contributed by atoms with E-state index in [0.717, 1.165) is 6.07 Å². The minimum Gasteiger partial charge on any atom is -0.468 e. The van der Waals surface area contributed by atoms with Gasteiger partial charge in [-0.05, 0) is 24.6 Å². The molecule has 1 atom stereocenters. The Morgan fingerprint density at radius 3 is 2.77 bits per heavy atom. The van der Waals surface area contributed by atoms with Crippen LogP contribution >= 0.6 is 0 Å². The predicted octanol–water partition coefficient (Wildman–Crippen LogP) is 3.26.